The van der Waals surface area contributed by atoms with Gasteiger partial charge in [-0.05, 0) is 25.7 Å². The van der Waals surface area contributed by atoms with Gasteiger partial charge in [0, 0.05) is 11.3 Å². The normalized spacial score (nSPS) is 14.3. The Hall–Kier alpha value is -2.16. The van der Waals surface area contributed by atoms with Crippen LogP contribution in [0, 0.1) is 0 Å². The maximum atomic E-state index is 11.8. The summed E-state index contributed by atoms with van der Waals surface area (Å²) in [6.45, 7) is 0. The van der Waals surface area contributed by atoms with Crippen LogP contribution in [-0.2, 0) is 22.4 Å². The second kappa shape index (κ2) is 6.53. The number of thiazole rings is 1. The number of amides is 3. The second-order valence-corrected chi connectivity index (χ2v) is 5.82. The van der Waals surface area contributed by atoms with Crippen molar-refractivity contribution in [3.05, 3.63) is 10.6 Å². The molecule has 0 saturated carbocycles. The third kappa shape index (κ3) is 4.15. The smallest absolute Gasteiger partial charge is 0.326 e. The van der Waals surface area contributed by atoms with E-state index in [2.05, 4.69) is 15.6 Å². The van der Waals surface area contributed by atoms with E-state index in [1.807, 2.05) is 0 Å². The quantitative estimate of drug-likeness (QED) is 0.605. The number of fused-ring (bicyclic) bond motifs is 1. The third-order valence-corrected chi connectivity index (χ3v) is 4.17. The van der Waals surface area contributed by atoms with Gasteiger partial charge in [-0.2, -0.15) is 0 Å². The van der Waals surface area contributed by atoms with Gasteiger partial charge in [0.05, 0.1) is 5.69 Å². The first-order valence-corrected chi connectivity index (χ1v) is 7.34. The van der Waals surface area contributed by atoms with Crippen molar-refractivity contribution in [2.24, 2.45) is 5.73 Å². The van der Waals surface area contributed by atoms with Gasteiger partial charge in [0.1, 0.15) is 6.04 Å². The summed E-state index contributed by atoms with van der Waals surface area (Å²) in [4.78, 5) is 38.9. The molecule has 0 aromatic carbocycles. The summed E-state index contributed by atoms with van der Waals surface area (Å²) in [5.74, 6) is -1.83. The van der Waals surface area contributed by atoms with Crippen molar-refractivity contribution in [2.45, 2.75) is 38.1 Å². The maximum Gasteiger partial charge on any atom is 0.326 e. The summed E-state index contributed by atoms with van der Waals surface area (Å²) >= 11 is 1.40. The number of nitrogens with zero attached hydrogens (tertiary/aromatic N) is 1. The fraction of sp³-hybridized carbons (Fsp3) is 0.500. The predicted molar refractivity (Wildman–Crippen MR) is 76.1 cm³/mol. The maximum absolute atomic E-state index is 11.8. The number of aliphatic carboxylic acids is 1. The highest BCUT2D eigenvalue weighted by Crippen LogP contribution is 2.30. The summed E-state index contributed by atoms with van der Waals surface area (Å²) in [5.41, 5.74) is 5.97. The number of aryl methyl sites for hydroxylation is 2. The SMILES string of the molecule is NC(=O)CC[C@@H](NC(=O)Nc1nc2c(s1)CCC2)C(=O)O. The molecule has 3 amide bonds. The molecule has 2 rings (SSSR count). The number of primary amides is 1. The highest BCUT2D eigenvalue weighted by molar-refractivity contribution is 7.15. The summed E-state index contributed by atoms with van der Waals surface area (Å²) in [7, 11) is 0. The van der Waals surface area contributed by atoms with Crippen molar-refractivity contribution in [1.29, 1.82) is 0 Å². The molecule has 0 aliphatic heterocycles. The lowest BCUT2D eigenvalue weighted by molar-refractivity contribution is -0.139. The summed E-state index contributed by atoms with van der Waals surface area (Å²) in [6, 6.07) is -1.82. The zero-order valence-electron chi connectivity index (χ0n) is 11.2. The number of carbonyl (C=O) groups is 3. The summed E-state index contributed by atoms with van der Waals surface area (Å²) in [6.07, 6.45) is 2.79. The van der Waals surface area contributed by atoms with Crippen LogP contribution in [0.25, 0.3) is 0 Å². The van der Waals surface area contributed by atoms with Gasteiger partial charge in [-0.1, -0.05) is 0 Å². The third-order valence-electron chi connectivity index (χ3n) is 3.10. The van der Waals surface area contributed by atoms with Crippen LogP contribution in [0.15, 0.2) is 0 Å². The van der Waals surface area contributed by atoms with Crippen LogP contribution < -0.4 is 16.4 Å². The number of rotatable bonds is 6. The van der Waals surface area contributed by atoms with Crippen LogP contribution in [0.4, 0.5) is 9.93 Å². The molecule has 5 N–H and O–H groups in total. The fourth-order valence-corrected chi connectivity index (χ4v) is 3.12. The molecular formula is C12H16N4O4S. The molecule has 1 heterocycles. The van der Waals surface area contributed by atoms with Gasteiger partial charge in [0.25, 0.3) is 0 Å². The second-order valence-electron chi connectivity index (χ2n) is 4.74. The lowest BCUT2D eigenvalue weighted by atomic mass is 10.1. The van der Waals surface area contributed by atoms with Crippen LogP contribution in [0.5, 0.6) is 0 Å². The number of carboxylic acid groups (broad SMARTS) is 1. The number of hydrogen-bond acceptors (Lipinski definition) is 5. The molecule has 21 heavy (non-hydrogen) atoms. The van der Waals surface area contributed by atoms with Gasteiger partial charge in [-0.25, -0.2) is 14.6 Å². The zero-order valence-corrected chi connectivity index (χ0v) is 12.0. The number of carboxylic acids is 1. The molecule has 1 aromatic rings. The summed E-state index contributed by atoms with van der Waals surface area (Å²) in [5, 5.41) is 14.3. The van der Waals surface area contributed by atoms with Gasteiger partial charge >= 0.3 is 12.0 Å². The Morgan fingerprint density at radius 1 is 1.38 bits per heavy atom. The number of aromatic nitrogens is 1. The number of hydrogen-bond donors (Lipinski definition) is 4. The first-order valence-electron chi connectivity index (χ1n) is 6.53. The molecule has 0 radical (unpaired) electrons. The van der Waals surface area contributed by atoms with Crippen molar-refractivity contribution in [2.75, 3.05) is 5.32 Å². The zero-order chi connectivity index (χ0) is 15.4. The summed E-state index contributed by atoms with van der Waals surface area (Å²) < 4.78 is 0. The largest absolute Gasteiger partial charge is 0.480 e. The van der Waals surface area contributed by atoms with E-state index in [4.69, 9.17) is 10.8 Å². The molecule has 9 heteroatoms. The minimum Gasteiger partial charge on any atom is -0.480 e. The lowest BCUT2D eigenvalue weighted by Crippen LogP contribution is -2.43. The molecule has 0 bridgehead atoms. The van der Waals surface area contributed by atoms with Crippen LogP contribution in [0.2, 0.25) is 0 Å². The van der Waals surface area contributed by atoms with Crippen LogP contribution in [0.1, 0.15) is 29.8 Å². The van der Waals surface area contributed by atoms with E-state index in [0.29, 0.717) is 5.13 Å². The van der Waals surface area contributed by atoms with Crippen LogP contribution in [0.3, 0.4) is 0 Å². The van der Waals surface area contributed by atoms with Gasteiger partial charge < -0.3 is 16.2 Å². The topological polar surface area (TPSA) is 134 Å². The predicted octanol–water partition coefficient (Wildman–Crippen LogP) is 0.472. The van der Waals surface area contributed by atoms with Gasteiger partial charge in [-0.3, -0.25) is 10.1 Å². The molecule has 8 nitrogen and oxygen atoms in total. The Kier molecular flexibility index (Phi) is 4.73. The van der Waals surface area contributed by atoms with Crippen LogP contribution in [-0.4, -0.2) is 34.0 Å². The molecule has 0 saturated heterocycles. The van der Waals surface area contributed by atoms with Crippen molar-refractivity contribution < 1.29 is 19.5 Å². The first-order chi connectivity index (χ1) is 9.95. The van der Waals surface area contributed by atoms with Gasteiger partial charge in [0.15, 0.2) is 5.13 Å². The molecule has 1 atom stereocenters. The van der Waals surface area contributed by atoms with Crippen molar-refractivity contribution in [3.63, 3.8) is 0 Å². The van der Waals surface area contributed by atoms with E-state index in [1.54, 1.807) is 0 Å². The first kappa shape index (κ1) is 15.2. The molecule has 1 aromatic heterocycles. The van der Waals surface area contributed by atoms with Gasteiger partial charge in [0.2, 0.25) is 5.91 Å². The van der Waals surface area contributed by atoms with E-state index in [1.165, 1.54) is 11.3 Å². The molecule has 0 unspecified atom stereocenters. The molecule has 1 aliphatic carbocycles. The van der Waals surface area contributed by atoms with E-state index in [-0.39, 0.29) is 12.8 Å². The van der Waals surface area contributed by atoms with Crippen molar-refractivity contribution >= 4 is 34.4 Å². The Morgan fingerprint density at radius 2 is 2.14 bits per heavy atom. The minimum atomic E-state index is -1.21. The number of carbonyl (C=O) groups excluding carboxylic acids is 2. The number of nitrogens with two attached hydrogens (primary N) is 1. The monoisotopic (exact) mass is 312 g/mol. The molecule has 1 aliphatic rings. The van der Waals surface area contributed by atoms with Crippen molar-refractivity contribution in [3.8, 4) is 0 Å². The molecule has 0 fully saturated rings. The number of urea groups is 1. The van der Waals surface area contributed by atoms with E-state index in [0.717, 1.165) is 29.8 Å². The highest BCUT2D eigenvalue weighted by Gasteiger charge is 2.22. The van der Waals surface area contributed by atoms with Crippen molar-refractivity contribution in [1.82, 2.24) is 10.3 Å². The average Bonchev–Trinajstić information content (AvgIpc) is 2.94. The van der Waals surface area contributed by atoms with E-state index in [9.17, 15) is 14.4 Å². The fourth-order valence-electron chi connectivity index (χ4n) is 2.08. The van der Waals surface area contributed by atoms with E-state index >= 15 is 0 Å². The lowest BCUT2D eigenvalue weighted by Gasteiger charge is -2.13. The average molecular weight is 312 g/mol. The Morgan fingerprint density at radius 3 is 2.76 bits per heavy atom. The molecular weight excluding hydrogens is 296 g/mol. The molecule has 0 spiro atoms. The minimum absolute atomic E-state index is 0.0492. The Bertz CT molecular complexity index is 550. The number of nitrogens with one attached hydrogen (secondary N) is 2. The Labute approximate surface area is 124 Å². The molecule has 114 valence electrons. The highest BCUT2D eigenvalue weighted by atomic mass is 32.1. The standard InChI is InChI=1S/C12H16N4O4S/c13-9(17)5-4-7(10(18)19)14-11(20)16-12-15-6-2-1-3-8(6)21-12/h7H,1-5H2,(H2,13,17)(H,18,19)(H2,14,15,16,20)/t7-/m1/s1. The van der Waals surface area contributed by atoms with Gasteiger partial charge in [-0.15, -0.1) is 11.3 Å². The number of anilines is 1. The van der Waals surface area contributed by atoms with E-state index < -0.39 is 23.9 Å². The Balaban J connectivity index is 1.89. The van der Waals surface area contributed by atoms with Crippen LogP contribution >= 0.6 is 11.3 Å².